The van der Waals surface area contributed by atoms with Crippen molar-refractivity contribution in [2.75, 3.05) is 26.8 Å². The fourth-order valence-corrected chi connectivity index (χ4v) is 1.94. The predicted octanol–water partition coefficient (Wildman–Crippen LogP) is 1.32. The van der Waals surface area contributed by atoms with Crippen molar-refractivity contribution in [3.8, 4) is 0 Å². The molecule has 1 saturated heterocycles. The predicted molar refractivity (Wildman–Crippen MR) is 56.3 cm³/mol. The van der Waals surface area contributed by atoms with E-state index in [4.69, 9.17) is 4.74 Å². The summed E-state index contributed by atoms with van der Waals surface area (Å²) in [4.78, 5) is 13.1. The van der Waals surface area contributed by atoms with E-state index in [0.717, 1.165) is 38.9 Å². The van der Waals surface area contributed by atoms with E-state index in [1.807, 2.05) is 13.8 Å². The van der Waals surface area contributed by atoms with Crippen LogP contribution in [0.4, 0.5) is 0 Å². The Morgan fingerprint density at radius 1 is 1.43 bits per heavy atom. The maximum Gasteiger partial charge on any atom is 0.126 e. The molecule has 0 unspecified atom stereocenters. The van der Waals surface area contributed by atoms with Crippen molar-refractivity contribution in [1.29, 1.82) is 0 Å². The van der Waals surface area contributed by atoms with E-state index < -0.39 is 0 Å². The second-order valence-electron chi connectivity index (χ2n) is 4.87. The third-order valence-electron chi connectivity index (χ3n) is 2.79. The van der Waals surface area contributed by atoms with Crippen LogP contribution in [0.2, 0.25) is 0 Å². The molecule has 0 N–H and O–H groups in total. The lowest BCUT2D eigenvalue weighted by Crippen LogP contribution is -2.42. The number of nitrogens with zero attached hydrogens (tertiary/aromatic N) is 1. The normalized spacial score (nSPS) is 20.0. The van der Waals surface area contributed by atoms with Gasteiger partial charge in [-0.3, -0.25) is 0 Å². The molecule has 0 amide bonds. The summed E-state index contributed by atoms with van der Waals surface area (Å²) in [5.41, 5.74) is -0.229. The molecule has 0 aromatic rings. The van der Waals surface area contributed by atoms with Gasteiger partial charge in [-0.15, -0.1) is 0 Å². The smallest absolute Gasteiger partial charge is 0.126 e. The van der Waals surface area contributed by atoms with Gasteiger partial charge in [-0.2, -0.15) is 0 Å². The Balaban J connectivity index is 2.39. The molecule has 0 aromatic heterocycles. The average Bonchev–Trinajstić information content (AvgIpc) is 2.19. The van der Waals surface area contributed by atoms with Crippen molar-refractivity contribution in [2.45, 2.75) is 32.7 Å². The van der Waals surface area contributed by atoms with Crippen LogP contribution < -0.4 is 0 Å². The minimum Gasteiger partial charge on any atom is -0.381 e. The van der Waals surface area contributed by atoms with Gasteiger partial charge in [0.25, 0.3) is 0 Å². The minimum atomic E-state index is -0.229. The highest BCUT2D eigenvalue weighted by Crippen LogP contribution is 2.18. The van der Waals surface area contributed by atoms with Crippen LogP contribution >= 0.6 is 0 Å². The Hall–Kier alpha value is -0.410. The summed E-state index contributed by atoms with van der Waals surface area (Å²) >= 11 is 0. The molecule has 3 heteroatoms. The van der Waals surface area contributed by atoms with Crippen molar-refractivity contribution in [1.82, 2.24) is 4.90 Å². The zero-order valence-corrected chi connectivity index (χ0v) is 9.45. The van der Waals surface area contributed by atoms with E-state index in [2.05, 4.69) is 11.9 Å². The minimum absolute atomic E-state index is 0.229. The number of carbonyl (C=O) groups excluding carboxylic acids is 1. The van der Waals surface area contributed by atoms with Gasteiger partial charge in [0.15, 0.2) is 0 Å². The monoisotopic (exact) mass is 199 g/mol. The second-order valence-corrected chi connectivity index (χ2v) is 4.87. The quantitative estimate of drug-likeness (QED) is 0.640. The summed E-state index contributed by atoms with van der Waals surface area (Å²) in [7, 11) is 2.10. The lowest BCUT2D eigenvalue weighted by atomic mass is 9.94. The average molecular weight is 199 g/mol. The summed E-state index contributed by atoms with van der Waals surface area (Å²) in [5, 5.41) is 0. The molecule has 14 heavy (non-hydrogen) atoms. The van der Waals surface area contributed by atoms with Crippen LogP contribution in [0.3, 0.4) is 0 Å². The number of hydrogen-bond donors (Lipinski definition) is 0. The molecule has 82 valence electrons. The summed E-state index contributed by atoms with van der Waals surface area (Å²) < 4.78 is 5.31. The fraction of sp³-hybridized carbons (Fsp3) is 0.909. The van der Waals surface area contributed by atoms with Crippen LogP contribution in [0.5, 0.6) is 0 Å². The van der Waals surface area contributed by atoms with Gasteiger partial charge in [0.05, 0.1) is 0 Å². The zero-order chi connectivity index (χ0) is 10.6. The van der Waals surface area contributed by atoms with Gasteiger partial charge in [-0.1, -0.05) is 13.8 Å². The van der Waals surface area contributed by atoms with E-state index in [-0.39, 0.29) is 5.41 Å². The number of ether oxygens (including phenoxy) is 1. The first-order chi connectivity index (χ1) is 6.55. The Morgan fingerprint density at radius 3 is 2.50 bits per heavy atom. The highest BCUT2D eigenvalue weighted by molar-refractivity contribution is 5.58. The first kappa shape index (κ1) is 11.7. The van der Waals surface area contributed by atoms with Crippen molar-refractivity contribution < 1.29 is 9.53 Å². The van der Waals surface area contributed by atoms with E-state index in [9.17, 15) is 4.79 Å². The summed E-state index contributed by atoms with van der Waals surface area (Å²) in [6, 6.07) is 0.586. The van der Waals surface area contributed by atoms with Crippen molar-refractivity contribution in [3.63, 3.8) is 0 Å². The standard InChI is InChI=1S/C11H21NO2/c1-11(2,9-13)8-12(3)10-4-6-14-7-5-10/h9-10H,4-8H2,1-3H3. The van der Waals surface area contributed by atoms with Gasteiger partial charge in [0, 0.05) is 31.2 Å². The fourth-order valence-electron chi connectivity index (χ4n) is 1.94. The molecule has 1 aliphatic heterocycles. The third kappa shape index (κ3) is 3.39. The van der Waals surface area contributed by atoms with E-state index in [1.54, 1.807) is 0 Å². The number of rotatable bonds is 4. The molecule has 1 fully saturated rings. The Labute approximate surface area is 86.4 Å². The number of aldehydes is 1. The maximum absolute atomic E-state index is 10.8. The topological polar surface area (TPSA) is 29.5 Å². The highest BCUT2D eigenvalue weighted by Gasteiger charge is 2.24. The van der Waals surface area contributed by atoms with Crippen LogP contribution in [0.25, 0.3) is 0 Å². The molecule has 1 aliphatic rings. The van der Waals surface area contributed by atoms with E-state index >= 15 is 0 Å². The molecule has 3 nitrogen and oxygen atoms in total. The molecule has 0 aromatic carbocycles. The van der Waals surface area contributed by atoms with Gasteiger partial charge < -0.3 is 14.4 Å². The first-order valence-electron chi connectivity index (χ1n) is 5.29. The van der Waals surface area contributed by atoms with Crippen LogP contribution in [0.15, 0.2) is 0 Å². The van der Waals surface area contributed by atoms with E-state index in [0.29, 0.717) is 6.04 Å². The molecular formula is C11H21NO2. The largest absolute Gasteiger partial charge is 0.381 e. The summed E-state index contributed by atoms with van der Waals surface area (Å²) in [6.45, 7) is 6.51. The van der Waals surface area contributed by atoms with Gasteiger partial charge in [0.1, 0.15) is 6.29 Å². The van der Waals surface area contributed by atoms with Crippen molar-refractivity contribution >= 4 is 6.29 Å². The van der Waals surface area contributed by atoms with E-state index in [1.165, 1.54) is 0 Å². The number of hydrogen-bond acceptors (Lipinski definition) is 3. The molecule has 0 bridgehead atoms. The van der Waals surface area contributed by atoms with Gasteiger partial charge in [-0.25, -0.2) is 0 Å². The van der Waals surface area contributed by atoms with Crippen LogP contribution in [0.1, 0.15) is 26.7 Å². The SMILES string of the molecule is CN(CC(C)(C)C=O)C1CCOCC1. The lowest BCUT2D eigenvalue weighted by Gasteiger charge is -2.34. The molecule has 0 radical (unpaired) electrons. The Kier molecular flexibility index (Phi) is 4.08. The van der Waals surface area contributed by atoms with Crippen molar-refractivity contribution in [3.05, 3.63) is 0 Å². The summed E-state index contributed by atoms with van der Waals surface area (Å²) in [6.07, 6.45) is 3.22. The highest BCUT2D eigenvalue weighted by atomic mass is 16.5. The molecule has 0 aliphatic carbocycles. The third-order valence-corrected chi connectivity index (χ3v) is 2.79. The Bertz CT molecular complexity index is 186. The second kappa shape index (κ2) is 4.89. The lowest BCUT2D eigenvalue weighted by molar-refractivity contribution is -0.115. The van der Waals surface area contributed by atoms with Gasteiger partial charge >= 0.3 is 0 Å². The molecular weight excluding hydrogens is 178 g/mol. The molecule has 0 atom stereocenters. The van der Waals surface area contributed by atoms with Crippen LogP contribution in [0, 0.1) is 5.41 Å². The molecule has 1 heterocycles. The Morgan fingerprint density at radius 2 is 2.00 bits per heavy atom. The summed E-state index contributed by atoms with van der Waals surface area (Å²) in [5.74, 6) is 0. The first-order valence-corrected chi connectivity index (χ1v) is 5.29. The molecule has 0 saturated carbocycles. The zero-order valence-electron chi connectivity index (χ0n) is 9.45. The van der Waals surface area contributed by atoms with Gasteiger partial charge in [0.2, 0.25) is 0 Å². The van der Waals surface area contributed by atoms with Crippen molar-refractivity contribution in [2.24, 2.45) is 5.41 Å². The molecule has 0 spiro atoms. The molecule has 1 rings (SSSR count). The van der Waals surface area contributed by atoms with Crippen LogP contribution in [-0.2, 0) is 9.53 Å². The van der Waals surface area contributed by atoms with Crippen LogP contribution in [-0.4, -0.2) is 44.0 Å². The van der Waals surface area contributed by atoms with Gasteiger partial charge in [-0.05, 0) is 19.9 Å². The maximum atomic E-state index is 10.8. The number of carbonyl (C=O) groups is 1.